The molecule has 0 saturated carbocycles. The van der Waals surface area contributed by atoms with Gasteiger partial charge in [0.2, 0.25) is 0 Å². The van der Waals surface area contributed by atoms with Gasteiger partial charge in [0.25, 0.3) is 0 Å². The van der Waals surface area contributed by atoms with Crippen molar-refractivity contribution in [1.29, 1.82) is 0 Å². The van der Waals surface area contributed by atoms with E-state index >= 15 is 0 Å². The molecule has 37 heavy (non-hydrogen) atoms. The molecule has 1 spiro atoms. The summed E-state index contributed by atoms with van der Waals surface area (Å²) in [5.74, 6) is -1.34. The van der Waals surface area contributed by atoms with E-state index in [-0.39, 0.29) is 17.3 Å². The predicted octanol–water partition coefficient (Wildman–Crippen LogP) is 2.97. The van der Waals surface area contributed by atoms with Crippen LogP contribution in [0.4, 0.5) is 30.6 Å². The van der Waals surface area contributed by atoms with Gasteiger partial charge in [-0.3, -0.25) is 4.68 Å². The molecule has 5 rings (SSSR count). The summed E-state index contributed by atoms with van der Waals surface area (Å²) < 4.78 is 33.8. The third-order valence-corrected chi connectivity index (χ3v) is 7.93. The summed E-state index contributed by atoms with van der Waals surface area (Å²) in [7, 11) is 0. The van der Waals surface area contributed by atoms with Crippen molar-refractivity contribution in [3.8, 4) is 0 Å². The van der Waals surface area contributed by atoms with E-state index in [1.807, 2.05) is 16.9 Å². The first-order valence-corrected chi connectivity index (χ1v) is 12.1. The first kappa shape index (κ1) is 26.8. The normalized spacial score (nSPS) is 18.3. The summed E-state index contributed by atoms with van der Waals surface area (Å²) in [4.78, 5) is 24.9. The van der Waals surface area contributed by atoms with E-state index in [4.69, 9.17) is 38.7 Å². The molecule has 0 bridgehead atoms. The van der Waals surface area contributed by atoms with Crippen LogP contribution >= 0.6 is 23.4 Å². The van der Waals surface area contributed by atoms with Crippen molar-refractivity contribution in [3.63, 3.8) is 0 Å². The number of rotatable bonds is 3. The first-order chi connectivity index (χ1) is 17.4. The Morgan fingerprint density at radius 3 is 2.43 bits per heavy atom. The highest BCUT2D eigenvalue weighted by atomic mass is 35.5. The monoisotopic (exact) mass is 557 g/mol. The van der Waals surface area contributed by atoms with Crippen LogP contribution in [0, 0.1) is 5.41 Å². The number of aromatic nitrogens is 5. The van der Waals surface area contributed by atoms with Crippen LogP contribution in [0.25, 0.3) is 0 Å². The van der Waals surface area contributed by atoms with Gasteiger partial charge in [-0.05, 0) is 25.0 Å². The fraction of sp³-hybridized carbons (Fsp3) is 0.381. The van der Waals surface area contributed by atoms with Crippen molar-refractivity contribution in [3.05, 3.63) is 41.4 Å². The van der Waals surface area contributed by atoms with E-state index in [0.29, 0.717) is 15.9 Å². The lowest BCUT2D eigenvalue weighted by Crippen LogP contribution is -2.45. The summed E-state index contributed by atoms with van der Waals surface area (Å²) in [5.41, 5.74) is 19.7. The Hall–Kier alpha value is -3.30. The van der Waals surface area contributed by atoms with Gasteiger partial charge in [-0.25, -0.2) is 19.7 Å². The van der Waals surface area contributed by atoms with Gasteiger partial charge in [0, 0.05) is 42.3 Å². The van der Waals surface area contributed by atoms with Crippen LogP contribution in [0.2, 0.25) is 5.02 Å². The molecule has 198 valence electrons. The third-order valence-electron chi connectivity index (χ3n) is 6.36. The average molecular weight is 558 g/mol. The number of nitrogens with zero attached hydrogens (tertiary/aromatic N) is 6. The summed E-state index contributed by atoms with van der Waals surface area (Å²) in [6, 6.07) is 3.82. The lowest BCUT2D eigenvalue weighted by Gasteiger charge is -2.41. The maximum absolute atomic E-state index is 10.6. The topological polar surface area (TPSA) is 175 Å². The fourth-order valence-electron chi connectivity index (χ4n) is 4.34. The number of carboxylic acids is 1. The molecule has 3 aromatic rings. The number of halogens is 4. The first-order valence-electron chi connectivity index (χ1n) is 10.9. The maximum Gasteiger partial charge on any atom is 0.490 e. The van der Waals surface area contributed by atoms with Gasteiger partial charge < -0.3 is 27.2 Å². The second-order valence-electron chi connectivity index (χ2n) is 8.57. The van der Waals surface area contributed by atoms with E-state index < -0.39 is 12.1 Å². The van der Waals surface area contributed by atoms with Crippen LogP contribution in [0.3, 0.4) is 0 Å². The Labute approximate surface area is 218 Å². The predicted molar refractivity (Wildman–Crippen MR) is 131 cm³/mol. The van der Waals surface area contributed by atoms with Crippen LogP contribution in [0.15, 0.2) is 40.6 Å². The van der Waals surface area contributed by atoms with Crippen molar-refractivity contribution in [1.82, 2.24) is 24.7 Å². The Kier molecular flexibility index (Phi) is 7.39. The summed E-state index contributed by atoms with van der Waals surface area (Å²) in [6.07, 6.45) is 2.05. The Bertz CT molecular complexity index is 1300. The zero-order chi connectivity index (χ0) is 27.0. The minimum absolute atomic E-state index is 0.0228. The number of carbonyl (C=O) groups is 1. The molecule has 2 aliphatic rings. The smallest absolute Gasteiger partial charge is 0.475 e. The number of nitrogen functional groups attached to an aromatic ring is 2. The molecule has 1 saturated heterocycles. The molecular weight excluding hydrogens is 535 g/mol. The van der Waals surface area contributed by atoms with Crippen LogP contribution in [-0.2, 0) is 11.3 Å². The number of piperidine rings is 1. The molecule has 0 radical (unpaired) electrons. The number of hydrogen-bond donors (Lipinski definition) is 4. The molecule has 2 aliphatic heterocycles. The minimum Gasteiger partial charge on any atom is -0.475 e. The van der Waals surface area contributed by atoms with Crippen molar-refractivity contribution >= 4 is 46.8 Å². The molecule has 1 atom stereocenters. The van der Waals surface area contributed by atoms with Gasteiger partial charge in [-0.2, -0.15) is 18.3 Å². The number of alkyl halides is 3. The molecule has 1 fully saturated rings. The quantitative estimate of drug-likeness (QED) is 0.372. The number of aliphatic carboxylic acids is 1. The molecule has 7 N–H and O–H groups in total. The number of hydrogen-bond acceptors (Lipinski definition) is 10. The van der Waals surface area contributed by atoms with Crippen molar-refractivity contribution in [2.24, 2.45) is 11.1 Å². The lowest BCUT2D eigenvalue weighted by molar-refractivity contribution is -0.192. The van der Waals surface area contributed by atoms with E-state index in [1.54, 1.807) is 18.5 Å². The molecule has 0 unspecified atom stereocenters. The standard InChI is InChI=1S/C19H22ClN9S.C2HF3O2/c20-14-12(2-5-24-16(14)22)30-18-17(23)27-13(9-25-18)28-7-3-19(4-8-28)10-29-11(15(19)21)1-6-26-29;3-2(4,5)1(6)7/h1-2,5-6,9,15H,3-4,7-8,10,21H2,(H2,22,24)(H2,23,27);(H,6,7)/t15-;/m1./s1. The SMILES string of the molecule is Nc1nc(N2CCC3(CC2)Cn2nccc2[C@H]3N)cnc1Sc1ccnc(N)c1Cl.O=C(O)C(F)(F)F. The van der Waals surface area contributed by atoms with Gasteiger partial charge >= 0.3 is 12.1 Å². The van der Waals surface area contributed by atoms with Crippen LogP contribution < -0.4 is 22.1 Å². The summed E-state index contributed by atoms with van der Waals surface area (Å²) in [5, 5.41) is 12.5. The largest absolute Gasteiger partial charge is 0.490 e. The molecule has 16 heteroatoms. The third kappa shape index (κ3) is 5.52. The van der Waals surface area contributed by atoms with Gasteiger partial charge in [0.05, 0.1) is 23.0 Å². The van der Waals surface area contributed by atoms with Gasteiger partial charge in [0.1, 0.15) is 16.7 Å². The fourth-order valence-corrected chi connectivity index (χ4v) is 5.35. The van der Waals surface area contributed by atoms with Crippen LogP contribution in [0.1, 0.15) is 24.6 Å². The second kappa shape index (κ2) is 10.2. The van der Waals surface area contributed by atoms with E-state index in [2.05, 4.69) is 25.0 Å². The van der Waals surface area contributed by atoms with Gasteiger partial charge in [-0.1, -0.05) is 23.4 Å². The van der Waals surface area contributed by atoms with Gasteiger partial charge in [0.15, 0.2) is 5.82 Å². The van der Waals surface area contributed by atoms with Crippen LogP contribution in [0.5, 0.6) is 0 Å². The Balaban J connectivity index is 0.000000405. The van der Waals surface area contributed by atoms with Gasteiger partial charge in [-0.15, -0.1) is 0 Å². The summed E-state index contributed by atoms with van der Waals surface area (Å²) >= 11 is 7.55. The van der Waals surface area contributed by atoms with Crippen molar-refractivity contribution in [2.75, 3.05) is 29.5 Å². The van der Waals surface area contributed by atoms with Crippen LogP contribution in [-0.4, -0.2) is 55.1 Å². The van der Waals surface area contributed by atoms with Crippen molar-refractivity contribution < 1.29 is 23.1 Å². The molecule has 0 aliphatic carbocycles. The number of nitrogens with two attached hydrogens (primary N) is 3. The highest BCUT2D eigenvalue weighted by Crippen LogP contribution is 2.48. The number of anilines is 3. The Morgan fingerprint density at radius 1 is 1.16 bits per heavy atom. The number of pyridine rings is 1. The van der Waals surface area contributed by atoms with E-state index in [0.717, 1.165) is 48.9 Å². The maximum atomic E-state index is 10.6. The lowest BCUT2D eigenvalue weighted by atomic mass is 9.73. The zero-order valence-electron chi connectivity index (χ0n) is 19.2. The minimum atomic E-state index is -5.08. The molecule has 11 nitrogen and oxygen atoms in total. The highest BCUT2D eigenvalue weighted by molar-refractivity contribution is 7.99. The number of fused-ring (bicyclic) bond motifs is 1. The molecular formula is C21H23ClF3N9O2S. The van der Waals surface area contributed by atoms with Crippen molar-refractivity contribution in [2.45, 2.75) is 41.5 Å². The van der Waals surface area contributed by atoms with E-state index in [1.165, 1.54) is 11.8 Å². The highest BCUT2D eigenvalue weighted by Gasteiger charge is 2.47. The second-order valence-corrected chi connectivity index (χ2v) is 9.98. The average Bonchev–Trinajstić information content (AvgIpc) is 3.39. The zero-order valence-corrected chi connectivity index (χ0v) is 20.8. The molecule has 0 aromatic carbocycles. The molecule has 0 amide bonds. The number of carboxylic acid groups (broad SMARTS) is 1. The summed E-state index contributed by atoms with van der Waals surface area (Å²) in [6.45, 7) is 2.58. The molecule has 5 heterocycles. The Morgan fingerprint density at radius 2 is 1.84 bits per heavy atom. The molecule has 3 aromatic heterocycles. The van der Waals surface area contributed by atoms with E-state index in [9.17, 15) is 13.2 Å².